The van der Waals surface area contributed by atoms with Gasteiger partial charge in [-0.3, -0.25) is 19.3 Å². The zero-order chi connectivity index (χ0) is 22.6. The number of methoxy groups -OCH3 is 1. The van der Waals surface area contributed by atoms with E-state index < -0.39 is 35.6 Å². The molecule has 2 aliphatic heterocycles. The SMILES string of the molecule is COc1cccc(C2C(N3C(=O)c4ccccc4C3=O)C(=O)N2c2ccc(C)c(F)c2)c1. The maximum absolute atomic E-state index is 14.3. The molecule has 5 rings (SSSR count). The Kier molecular flexibility index (Phi) is 4.55. The van der Waals surface area contributed by atoms with Gasteiger partial charge in [0.15, 0.2) is 0 Å². The number of imide groups is 1. The Morgan fingerprint density at radius 1 is 0.812 bits per heavy atom. The van der Waals surface area contributed by atoms with E-state index >= 15 is 0 Å². The Morgan fingerprint density at radius 3 is 2.12 bits per heavy atom. The number of β-lactam (4-membered cyclic amide) rings is 1. The minimum absolute atomic E-state index is 0.273. The first-order valence-electron chi connectivity index (χ1n) is 10.1. The number of nitrogens with zero attached hydrogens (tertiary/aromatic N) is 2. The van der Waals surface area contributed by atoms with Gasteiger partial charge in [0.1, 0.15) is 17.6 Å². The van der Waals surface area contributed by atoms with Crippen molar-refractivity contribution in [2.45, 2.75) is 19.0 Å². The van der Waals surface area contributed by atoms with Gasteiger partial charge in [-0.1, -0.05) is 30.3 Å². The third-order valence-corrected chi connectivity index (χ3v) is 6.04. The van der Waals surface area contributed by atoms with Crippen LogP contribution in [0.2, 0.25) is 0 Å². The van der Waals surface area contributed by atoms with Gasteiger partial charge in [0.25, 0.3) is 17.7 Å². The molecule has 1 saturated heterocycles. The lowest BCUT2D eigenvalue weighted by Gasteiger charge is -2.49. The molecule has 3 aromatic rings. The molecule has 2 atom stereocenters. The second-order valence-electron chi connectivity index (χ2n) is 7.83. The lowest BCUT2D eigenvalue weighted by atomic mass is 9.86. The van der Waals surface area contributed by atoms with Crippen LogP contribution in [-0.4, -0.2) is 35.8 Å². The molecule has 0 saturated carbocycles. The highest BCUT2D eigenvalue weighted by atomic mass is 19.1. The minimum Gasteiger partial charge on any atom is -0.497 e. The van der Waals surface area contributed by atoms with Crippen LogP contribution in [0.15, 0.2) is 66.7 Å². The molecule has 32 heavy (non-hydrogen) atoms. The topological polar surface area (TPSA) is 66.9 Å². The lowest BCUT2D eigenvalue weighted by Crippen LogP contribution is -2.67. The Balaban J connectivity index is 1.61. The molecule has 3 aromatic carbocycles. The molecule has 6 nitrogen and oxygen atoms in total. The van der Waals surface area contributed by atoms with Gasteiger partial charge in [-0.2, -0.15) is 0 Å². The maximum Gasteiger partial charge on any atom is 0.262 e. The van der Waals surface area contributed by atoms with E-state index in [4.69, 9.17) is 4.74 Å². The largest absolute Gasteiger partial charge is 0.497 e. The number of benzene rings is 3. The number of carbonyl (C=O) groups excluding carboxylic acids is 3. The first-order chi connectivity index (χ1) is 15.4. The summed E-state index contributed by atoms with van der Waals surface area (Å²) in [4.78, 5) is 42.0. The molecular formula is C25H19FN2O4. The number of amides is 3. The molecule has 0 N–H and O–H groups in total. The average Bonchev–Trinajstić information content (AvgIpc) is 3.05. The van der Waals surface area contributed by atoms with E-state index in [1.807, 2.05) is 0 Å². The smallest absolute Gasteiger partial charge is 0.262 e. The predicted octanol–water partition coefficient (Wildman–Crippen LogP) is 3.90. The van der Waals surface area contributed by atoms with Gasteiger partial charge in [0.2, 0.25) is 0 Å². The summed E-state index contributed by atoms with van der Waals surface area (Å²) in [6.45, 7) is 1.64. The predicted molar refractivity (Wildman–Crippen MR) is 115 cm³/mol. The van der Waals surface area contributed by atoms with E-state index in [1.165, 1.54) is 18.1 Å². The van der Waals surface area contributed by atoms with Gasteiger partial charge in [-0.15, -0.1) is 0 Å². The fraction of sp³-hybridized carbons (Fsp3) is 0.160. The molecule has 7 heteroatoms. The maximum atomic E-state index is 14.3. The summed E-state index contributed by atoms with van der Waals surface area (Å²) in [7, 11) is 1.53. The summed E-state index contributed by atoms with van der Waals surface area (Å²) in [5.74, 6) is -1.34. The van der Waals surface area contributed by atoms with Crippen LogP contribution in [0.5, 0.6) is 5.75 Å². The van der Waals surface area contributed by atoms with E-state index in [9.17, 15) is 18.8 Å². The third kappa shape index (κ3) is 2.81. The zero-order valence-corrected chi connectivity index (χ0v) is 17.4. The monoisotopic (exact) mass is 430 g/mol. The quantitative estimate of drug-likeness (QED) is 0.465. The van der Waals surface area contributed by atoms with Crippen molar-refractivity contribution in [3.8, 4) is 5.75 Å². The van der Waals surface area contributed by atoms with Crippen molar-refractivity contribution in [3.05, 3.63) is 94.8 Å². The Labute approximate surface area is 183 Å². The Morgan fingerprint density at radius 2 is 1.50 bits per heavy atom. The number of rotatable bonds is 4. The second kappa shape index (κ2) is 7.30. The molecule has 1 fully saturated rings. The highest BCUT2D eigenvalue weighted by molar-refractivity contribution is 6.24. The molecule has 0 bridgehead atoms. The Bertz CT molecular complexity index is 1250. The first-order valence-corrected chi connectivity index (χ1v) is 10.1. The van der Waals surface area contributed by atoms with Crippen molar-refractivity contribution in [1.29, 1.82) is 0 Å². The van der Waals surface area contributed by atoms with Crippen LogP contribution in [-0.2, 0) is 4.79 Å². The van der Waals surface area contributed by atoms with Gasteiger partial charge < -0.3 is 9.64 Å². The number of aryl methyl sites for hydroxylation is 1. The number of anilines is 1. The average molecular weight is 430 g/mol. The third-order valence-electron chi connectivity index (χ3n) is 6.04. The van der Waals surface area contributed by atoms with Crippen molar-refractivity contribution >= 4 is 23.4 Å². The van der Waals surface area contributed by atoms with Gasteiger partial charge in [0, 0.05) is 5.69 Å². The summed E-state index contributed by atoms with van der Waals surface area (Å²) < 4.78 is 19.6. The van der Waals surface area contributed by atoms with Crippen molar-refractivity contribution < 1.29 is 23.5 Å². The highest BCUT2D eigenvalue weighted by Gasteiger charge is 2.57. The van der Waals surface area contributed by atoms with Crippen molar-refractivity contribution in [3.63, 3.8) is 0 Å². The molecule has 0 radical (unpaired) electrons. The molecule has 0 aliphatic carbocycles. The molecule has 0 aromatic heterocycles. The van der Waals surface area contributed by atoms with Crippen molar-refractivity contribution in [1.82, 2.24) is 4.90 Å². The standard InChI is InChI=1S/C25H19FN2O4/c1-14-10-11-16(13-20(14)26)27-21(15-6-5-7-17(12-15)32-2)22(25(27)31)28-23(29)18-8-3-4-9-19(18)24(28)30/h3-13,21-22H,1-2H3. The molecule has 0 spiro atoms. The van der Waals surface area contributed by atoms with Crippen LogP contribution >= 0.6 is 0 Å². The van der Waals surface area contributed by atoms with Crippen LogP contribution in [0.4, 0.5) is 10.1 Å². The van der Waals surface area contributed by atoms with Gasteiger partial charge >= 0.3 is 0 Å². The Hall–Kier alpha value is -4.00. The fourth-order valence-electron chi connectivity index (χ4n) is 4.36. The van der Waals surface area contributed by atoms with Gasteiger partial charge in [0.05, 0.1) is 24.3 Å². The molecule has 2 aliphatic rings. The molecule has 3 amide bonds. The number of halogens is 1. The molecule has 160 valence electrons. The number of hydrogen-bond donors (Lipinski definition) is 0. The molecular weight excluding hydrogens is 411 g/mol. The van der Waals surface area contributed by atoms with Crippen LogP contribution in [0.1, 0.15) is 37.9 Å². The highest BCUT2D eigenvalue weighted by Crippen LogP contribution is 2.45. The first kappa shape index (κ1) is 19.9. The minimum atomic E-state index is -1.04. The van der Waals surface area contributed by atoms with E-state index in [-0.39, 0.29) is 11.1 Å². The summed E-state index contributed by atoms with van der Waals surface area (Å²) >= 11 is 0. The number of hydrogen-bond acceptors (Lipinski definition) is 4. The van der Waals surface area contributed by atoms with E-state index in [1.54, 1.807) is 67.6 Å². The second-order valence-corrected chi connectivity index (χ2v) is 7.83. The number of fused-ring (bicyclic) bond motifs is 1. The fourth-order valence-corrected chi connectivity index (χ4v) is 4.36. The lowest BCUT2D eigenvalue weighted by molar-refractivity contribution is -0.130. The number of ether oxygens (including phenoxy) is 1. The van der Waals surface area contributed by atoms with Crippen LogP contribution in [0.25, 0.3) is 0 Å². The van der Waals surface area contributed by atoms with E-state index in [0.717, 1.165) is 4.90 Å². The van der Waals surface area contributed by atoms with E-state index in [0.29, 0.717) is 22.6 Å². The summed E-state index contributed by atoms with van der Waals surface area (Å²) in [5.41, 5.74) is 2.03. The van der Waals surface area contributed by atoms with Gasteiger partial charge in [-0.25, -0.2) is 4.39 Å². The summed E-state index contributed by atoms with van der Waals surface area (Å²) in [6, 6.07) is 16.4. The van der Waals surface area contributed by atoms with Crippen LogP contribution in [0, 0.1) is 12.7 Å². The van der Waals surface area contributed by atoms with Crippen molar-refractivity contribution in [2.24, 2.45) is 0 Å². The van der Waals surface area contributed by atoms with Crippen LogP contribution in [0.3, 0.4) is 0 Å². The zero-order valence-electron chi connectivity index (χ0n) is 17.4. The molecule has 2 unspecified atom stereocenters. The van der Waals surface area contributed by atoms with E-state index in [2.05, 4.69) is 0 Å². The van der Waals surface area contributed by atoms with Crippen molar-refractivity contribution in [2.75, 3.05) is 12.0 Å². The van der Waals surface area contributed by atoms with Gasteiger partial charge in [-0.05, 0) is 54.4 Å². The summed E-state index contributed by atoms with van der Waals surface area (Å²) in [6.07, 6.45) is 0. The summed E-state index contributed by atoms with van der Waals surface area (Å²) in [5, 5.41) is 0. The van der Waals surface area contributed by atoms with Crippen LogP contribution < -0.4 is 9.64 Å². The molecule has 2 heterocycles. The normalized spacial score (nSPS) is 19.8. The number of carbonyl (C=O) groups is 3.